The van der Waals surface area contributed by atoms with Crippen LogP contribution in [0.15, 0.2) is 65.8 Å². The van der Waals surface area contributed by atoms with Gasteiger partial charge < -0.3 is 5.11 Å². The standard InChI is InChI=1S/C27H30O3/c1-26-12-10-19(29)14-18(26)8-9-20-22(26)11-13-27(2)23(20)15-21(25(27)24(30)16-28)17-6-4-3-5-7-17/h3-7,10-12,14,20-21,23,25,28H,8-9,13,15-16H2,1-2H3/t20?,21-,23?,25+,26-,27-/m0/s1. The second-order valence-electron chi connectivity index (χ2n) is 10.1. The van der Waals surface area contributed by atoms with Crippen LogP contribution in [0.2, 0.25) is 0 Å². The largest absolute Gasteiger partial charge is 0.389 e. The molecule has 3 heteroatoms. The molecule has 156 valence electrons. The molecule has 0 heterocycles. The normalized spacial score (nSPS) is 39.5. The van der Waals surface area contributed by atoms with Crippen LogP contribution in [-0.4, -0.2) is 23.3 Å². The van der Waals surface area contributed by atoms with E-state index in [0.29, 0.717) is 11.8 Å². The maximum atomic E-state index is 13.0. The average Bonchev–Trinajstić information content (AvgIpc) is 3.07. The molecule has 0 radical (unpaired) electrons. The first-order chi connectivity index (χ1) is 14.4. The zero-order valence-electron chi connectivity index (χ0n) is 17.8. The molecule has 0 aromatic heterocycles. The topological polar surface area (TPSA) is 54.4 Å². The lowest BCUT2D eigenvalue weighted by Gasteiger charge is -2.52. The number of hydrogen-bond donors (Lipinski definition) is 1. The number of carbonyl (C=O) groups excluding carboxylic acids is 2. The Labute approximate surface area is 178 Å². The van der Waals surface area contributed by atoms with Gasteiger partial charge in [-0.3, -0.25) is 9.59 Å². The van der Waals surface area contributed by atoms with Crippen molar-refractivity contribution in [1.82, 2.24) is 0 Å². The Kier molecular flexibility index (Phi) is 4.52. The minimum Gasteiger partial charge on any atom is -0.389 e. The van der Waals surface area contributed by atoms with E-state index in [9.17, 15) is 14.7 Å². The highest BCUT2D eigenvalue weighted by Gasteiger charge is 2.60. The predicted octanol–water partition coefficient (Wildman–Crippen LogP) is 4.79. The minimum absolute atomic E-state index is 0.0172. The van der Waals surface area contributed by atoms with Gasteiger partial charge in [0.1, 0.15) is 6.61 Å². The molecular formula is C27H30O3. The zero-order chi connectivity index (χ0) is 21.1. The van der Waals surface area contributed by atoms with E-state index in [2.05, 4.69) is 38.1 Å². The number of hydrogen-bond acceptors (Lipinski definition) is 3. The van der Waals surface area contributed by atoms with Crippen molar-refractivity contribution in [3.05, 3.63) is 71.3 Å². The molecule has 0 aliphatic heterocycles. The Morgan fingerprint density at radius 3 is 2.67 bits per heavy atom. The molecule has 2 unspecified atom stereocenters. The van der Waals surface area contributed by atoms with Crippen molar-refractivity contribution < 1.29 is 14.7 Å². The minimum atomic E-state index is -0.382. The van der Waals surface area contributed by atoms with E-state index in [4.69, 9.17) is 0 Å². The first-order valence-corrected chi connectivity index (χ1v) is 11.2. The average molecular weight is 403 g/mol. The van der Waals surface area contributed by atoms with Crippen LogP contribution in [0, 0.1) is 28.6 Å². The Hall–Kier alpha value is -2.26. The summed E-state index contributed by atoms with van der Waals surface area (Å²) in [6, 6.07) is 10.4. The molecule has 2 fully saturated rings. The fourth-order valence-electron chi connectivity index (χ4n) is 7.29. The molecule has 30 heavy (non-hydrogen) atoms. The number of rotatable bonds is 3. The van der Waals surface area contributed by atoms with E-state index in [1.807, 2.05) is 24.3 Å². The smallest absolute Gasteiger partial charge is 0.178 e. The van der Waals surface area contributed by atoms with E-state index in [1.54, 1.807) is 6.08 Å². The maximum Gasteiger partial charge on any atom is 0.178 e. The second-order valence-corrected chi connectivity index (χ2v) is 10.1. The number of benzene rings is 1. The molecular weight excluding hydrogens is 372 g/mol. The summed E-state index contributed by atoms with van der Waals surface area (Å²) in [7, 11) is 0. The van der Waals surface area contributed by atoms with Crippen molar-refractivity contribution in [3.63, 3.8) is 0 Å². The molecule has 0 bridgehead atoms. The summed E-state index contributed by atoms with van der Waals surface area (Å²) >= 11 is 0. The molecule has 2 saturated carbocycles. The molecule has 6 atom stereocenters. The summed E-state index contributed by atoms with van der Waals surface area (Å²) < 4.78 is 0. The van der Waals surface area contributed by atoms with Crippen molar-refractivity contribution in [2.24, 2.45) is 28.6 Å². The van der Waals surface area contributed by atoms with Crippen molar-refractivity contribution in [1.29, 1.82) is 0 Å². The third-order valence-corrected chi connectivity index (χ3v) is 8.73. The maximum absolute atomic E-state index is 13.0. The molecule has 0 amide bonds. The van der Waals surface area contributed by atoms with Crippen molar-refractivity contribution >= 4 is 11.6 Å². The molecule has 4 aliphatic rings. The highest BCUT2D eigenvalue weighted by molar-refractivity contribution is 6.01. The summed E-state index contributed by atoms with van der Waals surface area (Å²) in [5, 5.41) is 9.80. The highest BCUT2D eigenvalue weighted by atomic mass is 16.3. The lowest BCUT2D eigenvalue weighted by molar-refractivity contribution is -0.130. The van der Waals surface area contributed by atoms with Gasteiger partial charge >= 0.3 is 0 Å². The van der Waals surface area contributed by atoms with Gasteiger partial charge in [-0.1, -0.05) is 60.6 Å². The van der Waals surface area contributed by atoms with Crippen LogP contribution < -0.4 is 0 Å². The second kappa shape index (κ2) is 6.88. The Bertz CT molecular complexity index is 985. The number of ketones is 2. The van der Waals surface area contributed by atoms with E-state index in [-0.39, 0.29) is 40.8 Å². The summed E-state index contributed by atoms with van der Waals surface area (Å²) in [6.45, 7) is 4.15. The van der Waals surface area contributed by atoms with Crippen molar-refractivity contribution in [3.8, 4) is 0 Å². The fraction of sp³-hybridized carbons (Fsp3) is 0.481. The summed E-state index contributed by atoms with van der Waals surface area (Å²) in [4.78, 5) is 25.0. The molecule has 3 nitrogen and oxygen atoms in total. The number of fused-ring (bicyclic) bond motifs is 5. The van der Waals surface area contributed by atoms with Crippen LogP contribution in [0.25, 0.3) is 0 Å². The molecule has 1 aromatic carbocycles. The number of carbonyl (C=O) groups is 2. The van der Waals surface area contributed by atoms with Crippen molar-refractivity contribution in [2.45, 2.75) is 45.4 Å². The summed E-state index contributed by atoms with van der Waals surface area (Å²) in [5.41, 5.74) is 3.59. The van der Waals surface area contributed by atoms with Crippen LogP contribution in [0.4, 0.5) is 0 Å². The van der Waals surface area contributed by atoms with Gasteiger partial charge in [0.25, 0.3) is 0 Å². The monoisotopic (exact) mass is 402 g/mol. The SMILES string of the molecule is C[C@]12C=CC(=O)C=C1CCC1C2=CC[C@@]2(C)C1C[C@@H](c1ccccc1)[C@@H]2C(=O)CO. The number of aliphatic hydroxyl groups excluding tert-OH is 1. The van der Waals surface area contributed by atoms with Crippen molar-refractivity contribution in [2.75, 3.05) is 6.61 Å². The highest BCUT2D eigenvalue weighted by Crippen LogP contribution is 2.66. The van der Waals surface area contributed by atoms with Gasteiger partial charge in [-0.25, -0.2) is 0 Å². The summed E-state index contributed by atoms with van der Waals surface area (Å²) in [5.74, 6) is 0.916. The number of aliphatic hydroxyl groups is 1. The third kappa shape index (κ3) is 2.68. The Balaban J connectivity index is 1.58. The molecule has 0 spiro atoms. The first kappa shape index (κ1) is 19.7. The molecule has 0 saturated heterocycles. The third-order valence-electron chi connectivity index (χ3n) is 8.73. The first-order valence-electron chi connectivity index (χ1n) is 11.2. The van der Waals surface area contributed by atoms with Gasteiger partial charge in [0.05, 0.1) is 0 Å². The number of Topliss-reactive ketones (excluding diaryl/α,β-unsaturated/α-hetero) is 1. The van der Waals surface area contributed by atoms with Gasteiger partial charge in [-0.15, -0.1) is 0 Å². The quantitative estimate of drug-likeness (QED) is 0.740. The summed E-state index contributed by atoms with van der Waals surface area (Å²) in [6.07, 6.45) is 11.9. The lowest BCUT2D eigenvalue weighted by Crippen LogP contribution is -2.45. The van der Waals surface area contributed by atoms with Crippen LogP contribution in [0.3, 0.4) is 0 Å². The fourth-order valence-corrected chi connectivity index (χ4v) is 7.29. The van der Waals surface area contributed by atoms with Crippen LogP contribution >= 0.6 is 0 Å². The van der Waals surface area contributed by atoms with E-state index < -0.39 is 0 Å². The van der Waals surface area contributed by atoms with Gasteiger partial charge in [0.2, 0.25) is 0 Å². The molecule has 1 aromatic rings. The van der Waals surface area contributed by atoms with Crippen LogP contribution in [-0.2, 0) is 9.59 Å². The number of allylic oxidation sites excluding steroid dienone is 6. The van der Waals surface area contributed by atoms with Gasteiger partial charge in [-0.05, 0) is 73.5 Å². The van der Waals surface area contributed by atoms with E-state index in [0.717, 1.165) is 25.7 Å². The lowest BCUT2D eigenvalue weighted by atomic mass is 9.52. The molecule has 1 N–H and O–H groups in total. The van der Waals surface area contributed by atoms with Gasteiger partial charge in [0, 0.05) is 11.3 Å². The Morgan fingerprint density at radius 2 is 1.93 bits per heavy atom. The van der Waals surface area contributed by atoms with E-state index >= 15 is 0 Å². The van der Waals surface area contributed by atoms with Crippen LogP contribution in [0.5, 0.6) is 0 Å². The molecule has 5 rings (SSSR count). The predicted molar refractivity (Wildman–Crippen MR) is 117 cm³/mol. The zero-order valence-corrected chi connectivity index (χ0v) is 17.8. The van der Waals surface area contributed by atoms with Gasteiger partial charge in [-0.2, -0.15) is 0 Å². The van der Waals surface area contributed by atoms with E-state index in [1.165, 1.54) is 16.7 Å². The van der Waals surface area contributed by atoms with Crippen LogP contribution in [0.1, 0.15) is 51.0 Å². The molecule has 4 aliphatic carbocycles. The Morgan fingerprint density at radius 1 is 1.17 bits per heavy atom. The van der Waals surface area contributed by atoms with Gasteiger partial charge in [0.15, 0.2) is 11.6 Å².